The summed E-state index contributed by atoms with van der Waals surface area (Å²) in [5.41, 5.74) is 0.0525. The summed E-state index contributed by atoms with van der Waals surface area (Å²) in [4.78, 5) is 7.35. The topological polar surface area (TPSA) is 37.8 Å². The summed E-state index contributed by atoms with van der Waals surface area (Å²) in [7, 11) is 0. The van der Waals surface area contributed by atoms with E-state index in [2.05, 4.69) is 15.3 Å². The van der Waals surface area contributed by atoms with Crippen molar-refractivity contribution in [1.82, 2.24) is 9.97 Å². The van der Waals surface area contributed by atoms with Gasteiger partial charge >= 0.3 is 0 Å². The molecule has 4 heteroatoms. The first-order chi connectivity index (χ1) is 5.70. The highest BCUT2D eigenvalue weighted by Gasteiger charge is 2.38. The van der Waals surface area contributed by atoms with E-state index in [0.29, 0.717) is 0 Å². The van der Waals surface area contributed by atoms with E-state index in [-0.39, 0.29) is 11.4 Å². The zero-order valence-electron chi connectivity index (χ0n) is 6.84. The molecule has 1 aromatic rings. The summed E-state index contributed by atoms with van der Waals surface area (Å²) in [5, 5.41) is 3.01. The molecule has 0 unspecified atom stereocenters. The molecule has 0 aliphatic heterocycles. The highest BCUT2D eigenvalue weighted by atomic mass is 19.1. The van der Waals surface area contributed by atoms with E-state index in [1.165, 1.54) is 12.4 Å². The molecule has 0 radical (unpaired) electrons. The van der Waals surface area contributed by atoms with Crippen LogP contribution >= 0.6 is 0 Å². The molecule has 0 saturated heterocycles. The summed E-state index contributed by atoms with van der Waals surface area (Å²) in [6.07, 6.45) is 4.97. The van der Waals surface area contributed by atoms with Gasteiger partial charge in [-0.05, 0) is 19.8 Å². The van der Waals surface area contributed by atoms with E-state index in [4.69, 9.17) is 0 Å². The lowest BCUT2D eigenvalue weighted by Crippen LogP contribution is -2.18. The molecule has 12 heavy (non-hydrogen) atoms. The molecule has 1 aliphatic carbocycles. The Balaban J connectivity index is 2.17. The largest absolute Gasteiger partial charge is 0.361 e. The van der Waals surface area contributed by atoms with E-state index < -0.39 is 5.95 Å². The van der Waals surface area contributed by atoms with Gasteiger partial charge in [0.1, 0.15) is 0 Å². The van der Waals surface area contributed by atoms with E-state index in [1.54, 1.807) is 0 Å². The van der Waals surface area contributed by atoms with E-state index in [0.717, 1.165) is 12.8 Å². The SMILES string of the molecule is CC1(Nc2nccnc2F)CC1. The van der Waals surface area contributed by atoms with Crippen molar-refractivity contribution in [3.05, 3.63) is 18.3 Å². The Bertz CT molecular complexity index is 296. The van der Waals surface area contributed by atoms with Gasteiger partial charge in [-0.2, -0.15) is 4.39 Å². The van der Waals surface area contributed by atoms with Crippen LogP contribution in [0.25, 0.3) is 0 Å². The number of nitrogens with one attached hydrogen (secondary N) is 1. The molecular formula is C8H10FN3. The molecule has 2 rings (SSSR count). The van der Waals surface area contributed by atoms with Gasteiger partial charge in [0, 0.05) is 17.9 Å². The predicted molar refractivity (Wildman–Crippen MR) is 43.3 cm³/mol. The number of anilines is 1. The van der Waals surface area contributed by atoms with Gasteiger partial charge in [0.2, 0.25) is 0 Å². The maximum atomic E-state index is 12.9. The lowest BCUT2D eigenvalue weighted by Gasteiger charge is -2.11. The molecule has 0 atom stereocenters. The molecule has 0 spiro atoms. The summed E-state index contributed by atoms with van der Waals surface area (Å²) in [5.74, 6) is -0.261. The Kier molecular flexibility index (Phi) is 1.49. The standard InChI is InChI=1S/C8H10FN3/c1-8(2-3-8)12-7-6(9)10-4-5-11-7/h4-5H,2-3H2,1H3,(H,11,12). The number of aromatic nitrogens is 2. The molecule has 3 nitrogen and oxygen atoms in total. The number of hydrogen-bond donors (Lipinski definition) is 1. The van der Waals surface area contributed by atoms with Crippen LogP contribution in [0.4, 0.5) is 10.2 Å². The number of nitrogens with zero attached hydrogens (tertiary/aromatic N) is 2. The lowest BCUT2D eigenvalue weighted by atomic mass is 10.3. The molecule has 1 heterocycles. The Morgan fingerprint density at radius 3 is 2.67 bits per heavy atom. The van der Waals surface area contributed by atoms with Crippen LogP contribution in [0, 0.1) is 5.95 Å². The highest BCUT2D eigenvalue weighted by molar-refractivity contribution is 5.38. The van der Waals surface area contributed by atoms with Crippen LogP contribution in [0.1, 0.15) is 19.8 Å². The maximum Gasteiger partial charge on any atom is 0.255 e. The fourth-order valence-corrected chi connectivity index (χ4v) is 1.00. The molecule has 1 aromatic heterocycles. The van der Waals surface area contributed by atoms with Crippen molar-refractivity contribution in [1.29, 1.82) is 0 Å². The predicted octanol–water partition coefficient (Wildman–Crippen LogP) is 1.58. The third-order valence-electron chi connectivity index (χ3n) is 2.07. The molecular weight excluding hydrogens is 157 g/mol. The zero-order chi connectivity index (χ0) is 8.60. The Hall–Kier alpha value is -1.19. The van der Waals surface area contributed by atoms with Gasteiger partial charge in [-0.1, -0.05) is 0 Å². The first-order valence-electron chi connectivity index (χ1n) is 3.94. The van der Waals surface area contributed by atoms with Gasteiger partial charge in [-0.3, -0.25) is 0 Å². The number of hydrogen-bond acceptors (Lipinski definition) is 3. The van der Waals surface area contributed by atoms with Crippen molar-refractivity contribution in [2.45, 2.75) is 25.3 Å². The number of halogens is 1. The van der Waals surface area contributed by atoms with Gasteiger partial charge in [0.05, 0.1) is 0 Å². The normalized spacial score (nSPS) is 18.8. The van der Waals surface area contributed by atoms with Crippen molar-refractivity contribution in [2.24, 2.45) is 0 Å². The number of rotatable bonds is 2. The fraction of sp³-hybridized carbons (Fsp3) is 0.500. The zero-order valence-corrected chi connectivity index (χ0v) is 6.84. The second kappa shape index (κ2) is 2.40. The lowest BCUT2D eigenvalue weighted by molar-refractivity contribution is 0.576. The smallest absolute Gasteiger partial charge is 0.255 e. The van der Waals surface area contributed by atoms with Gasteiger partial charge in [-0.25, -0.2) is 9.97 Å². The average Bonchev–Trinajstić information content (AvgIpc) is 2.74. The van der Waals surface area contributed by atoms with Crippen LogP contribution in [0.2, 0.25) is 0 Å². The third kappa shape index (κ3) is 1.37. The third-order valence-corrected chi connectivity index (χ3v) is 2.07. The minimum atomic E-state index is -0.523. The first kappa shape index (κ1) is 7.46. The van der Waals surface area contributed by atoms with E-state index in [1.807, 2.05) is 6.92 Å². The summed E-state index contributed by atoms with van der Waals surface area (Å²) in [6, 6.07) is 0. The van der Waals surface area contributed by atoms with Crippen molar-refractivity contribution in [2.75, 3.05) is 5.32 Å². The Morgan fingerprint density at radius 1 is 1.42 bits per heavy atom. The molecule has 64 valence electrons. The van der Waals surface area contributed by atoms with Crippen LogP contribution in [0.15, 0.2) is 12.4 Å². The Morgan fingerprint density at radius 2 is 2.08 bits per heavy atom. The summed E-state index contributed by atoms with van der Waals surface area (Å²) < 4.78 is 12.9. The van der Waals surface area contributed by atoms with Crippen molar-refractivity contribution in [3.63, 3.8) is 0 Å². The van der Waals surface area contributed by atoms with Crippen LogP contribution in [0.5, 0.6) is 0 Å². The Labute approximate surface area is 70.0 Å². The van der Waals surface area contributed by atoms with Crippen molar-refractivity contribution >= 4 is 5.82 Å². The van der Waals surface area contributed by atoms with Crippen LogP contribution < -0.4 is 5.32 Å². The molecule has 1 aliphatic rings. The monoisotopic (exact) mass is 167 g/mol. The second-order valence-electron chi connectivity index (χ2n) is 3.38. The molecule has 0 amide bonds. The van der Waals surface area contributed by atoms with E-state index in [9.17, 15) is 4.39 Å². The van der Waals surface area contributed by atoms with Crippen LogP contribution in [-0.4, -0.2) is 15.5 Å². The minimum absolute atomic E-state index is 0.0525. The van der Waals surface area contributed by atoms with E-state index >= 15 is 0 Å². The highest BCUT2D eigenvalue weighted by Crippen LogP contribution is 2.37. The van der Waals surface area contributed by atoms with Gasteiger partial charge in [0.15, 0.2) is 5.82 Å². The molecule has 1 N–H and O–H groups in total. The summed E-state index contributed by atoms with van der Waals surface area (Å²) >= 11 is 0. The fourth-order valence-electron chi connectivity index (χ4n) is 1.00. The van der Waals surface area contributed by atoms with Crippen LogP contribution in [0.3, 0.4) is 0 Å². The van der Waals surface area contributed by atoms with Crippen LogP contribution in [-0.2, 0) is 0 Å². The quantitative estimate of drug-likeness (QED) is 0.726. The second-order valence-corrected chi connectivity index (χ2v) is 3.38. The minimum Gasteiger partial charge on any atom is -0.361 e. The van der Waals surface area contributed by atoms with Crippen molar-refractivity contribution < 1.29 is 4.39 Å². The molecule has 1 fully saturated rings. The van der Waals surface area contributed by atoms with Gasteiger partial charge < -0.3 is 5.32 Å². The molecule has 0 bridgehead atoms. The van der Waals surface area contributed by atoms with Crippen molar-refractivity contribution in [3.8, 4) is 0 Å². The van der Waals surface area contributed by atoms with Gasteiger partial charge in [-0.15, -0.1) is 0 Å². The van der Waals surface area contributed by atoms with Gasteiger partial charge in [0.25, 0.3) is 5.95 Å². The average molecular weight is 167 g/mol. The molecule has 0 aromatic carbocycles. The summed E-state index contributed by atoms with van der Waals surface area (Å²) in [6.45, 7) is 2.04. The maximum absolute atomic E-state index is 12.9. The molecule has 1 saturated carbocycles. The first-order valence-corrected chi connectivity index (χ1v) is 3.94.